The zero-order chi connectivity index (χ0) is 14.6. The molecule has 0 heterocycles. The second-order valence-corrected chi connectivity index (χ2v) is 3.74. The summed E-state index contributed by atoms with van der Waals surface area (Å²) in [5.74, 6) is -7.38. The van der Waals surface area contributed by atoms with Gasteiger partial charge in [0.05, 0.1) is 18.2 Å². The van der Waals surface area contributed by atoms with E-state index < -0.39 is 40.7 Å². The van der Waals surface area contributed by atoms with Crippen LogP contribution >= 0.6 is 0 Å². The number of carbonyl (C=O) groups excluding carboxylic acids is 1. The minimum Gasteiger partial charge on any atom is -0.503 e. The largest absolute Gasteiger partial charge is 0.503 e. The first kappa shape index (κ1) is 15.3. The number of carbonyl (C=O) groups is 1. The van der Waals surface area contributed by atoms with Gasteiger partial charge in [-0.15, -0.1) is 0 Å². The second-order valence-electron chi connectivity index (χ2n) is 3.74. The van der Waals surface area contributed by atoms with E-state index in [2.05, 4.69) is 5.32 Å². The van der Waals surface area contributed by atoms with Gasteiger partial charge in [0.1, 0.15) is 0 Å². The molecule has 1 aromatic rings. The van der Waals surface area contributed by atoms with E-state index in [1.807, 2.05) is 0 Å². The molecule has 0 saturated heterocycles. The number of aromatic hydroxyl groups is 1. The highest BCUT2D eigenvalue weighted by atomic mass is 19.2. The summed E-state index contributed by atoms with van der Waals surface area (Å²) in [6.45, 7) is 0.0797. The van der Waals surface area contributed by atoms with Crippen molar-refractivity contribution in [3.63, 3.8) is 0 Å². The van der Waals surface area contributed by atoms with Gasteiger partial charge < -0.3 is 20.9 Å². The Bertz CT molecular complexity index is 483. The Morgan fingerprint density at radius 1 is 1.47 bits per heavy atom. The third-order valence-electron chi connectivity index (χ3n) is 2.37. The minimum atomic E-state index is -1.75. The van der Waals surface area contributed by atoms with Gasteiger partial charge in [0.2, 0.25) is 5.82 Å². The third kappa shape index (κ3) is 3.36. The van der Waals surface area contributed by atoms with Gasteiger partial charge >= 0.3 is 0 Å². The molecule has 0 bridgehead atoms. The molecule has 1 unspecified atom stereocenters. The summed E-state index contributed by atoms with van der Waals surface area (Å²) in [6, 6.07) is -0.257. The van der Waals surface area contributed by atoms with Crippen LogP contribution in [-0.2, 0) is 4.74 Å². The van der Waals surface area contributed by atoms with E-state index in [9.17, 15) is 18.0 Å². The van der Waals surface area contributed by atoms with Gasteiger partial charge in [0, 0.05) is 13.7 Å². The molecule has 19 heavy (non-hydrogen) atoms. The molecular formula is C11H13F3N2O3. The molecule has 0 aliphatic heterocycles. The van der Waals surface area contributed by atoms with E-state index in [0.29, 0.717) is 6.07 Å². The molecule has 0 spiro atoms. The third-order valence-corrected chi connectivity index (χ3v) is 2.37. The average molecular weight is 278 g/mol. The first-order valence-corrected chi connectivity index (χ1v) is 5.28. The smallest absolute Gasteiger partial charge is 0.254 e. The number of hydrogen-bond acceptors (Lipinski definition) is 4. The van der Waals surface area contributed by atoms with Gasteiger partial charge in [0.25, 0.3) is 5.91 Å². The summed E-state index contributed by atoms with van der Waals surface area (Å²) >= 11 is 0. The van der Waals surface area contributed by atoms with Gasteiger partial charge in [-0.2, -0.15) is 4.39 Å². The van der Waals surface area contributed by atoms with Crippen LogP contribution < -0.4 is 11.1 Å². The Labute approximate surface area is 107 Å². The van der Waals surface area contributed by atoms with Crippen molar-refractivity contribution < 1.29 is 27.8 Å². The molecule has 5 nitrogen and oxygen atoms in total. The zero-order valence-corrected chi connectivity index (χ0v) is 10.0. The van der Waals surface area contributed by atoms with Crippen LogP contribution in [0.15, 0.2) is 6.07 Å². The molecule has 0 saturated carbocycles. The lowest BCUT2D eigenvalue weighted by molar-refractivity contribution is 0.0895. The molecule has 4 N–H and O–H groups in total. The fraction of sp³-hybridized carbons (Fsp3) is 0.364. The van der Waals surface area contributed by atoms with Gasteiger partial charge in [-0.1, -0.05) is 0 Å². The SMILES string of the molecule is COCC(CN)NC(=O)c1cc(F)c(F)c(O)c1F. The molecule has 8 heteroatoms. The van der Waals surface area contributed by atoms with Crippen LogP contribution in [0.1, 0.15) is 10.4 Å². The number of nitrogens with two attached hydrogens (primary N) is 1. The van der Waals surface area contributed by atoms with Crippen molar-refractivity contribution in [1.82, 2.24) is 5.32 Å². The van der Waals surface area contributed by atoms with Crippen molar-refractivity contribution in [3.05, 3.63) is 29.1 Å². The molecule has 0 aliphatic carbocycles. The highest BCUT2D eigenvalue weighted by molar-refractivity contribution is 5.95. The summed E-state index contributed by atoms with van der Waals surface area (Å²) in [6.07, 6.45) is 0. The molecule has 1 rings (SSSR count). The van der Waals surface area contributed by atoms with Gasteiger partial charge in [0.15, 0.2) is 17.4 Å². The molecule has 1 aromatic carbocycles. The molecule has 0 aromatic heterocycles. The Morgan fingerprint density at radius 3 is 2.63 bits per heavy atom. The van der Waals surface area contributed by atoms with Crippen LogP contribution in [0.5, 0.6) is 5.75 Å². The molecule has 1 atom stereocenters. The summed E-state index contributed by atoms with van der Waals surface area (Å²) in [4.78, 5) is 11.7. The number of halogens is 3. The first-order valence-electron chi connectivity index (χ1n) is 5.28. The lowest BCUT2D eigenvalue weighted by atomic mass is 10.1. The second kappa shape index (κ2) is 6.39. The van der Waals surface area contributed by atoms with E-state index in [4.69, 9.17) is 15.6 Å². The van der Waals surface area contributed by atoms with E-state index >= 15 is 0 Å². The molecule has 106 valence electrons. The van der Waals surface area contributed by atoms with Crippen molar-refractivity contribution in [1.29, 1.82) is 0 Å². The minimum absolute atomic E-state index is 0.0108. The Balaban J connectivity index is 3.00. The van der Waals surface area contributed by atoms with Gasteiger partial charge in [-0.3, -0.25) is 4.79 Å². The number of phenolic OH excluding ortho intramolecular Hbond substituents is 1. The topological polar surface area (TPSA) is 84.6 Å². The van der Waals surface area contributed by atoms with Gasteiger partial charge in [-0.25, -0.2) is 8.78 Å². The van der Waals surface area contributed by atoms with Crippen LogP contribution in [0.2, 0.25) is 0 Å². The Hall–Kier alpha value is -1.80. The monoisotopic (exact) mass is 278 g/mol. The molecule has 0 radical (unpaired) electrons. The maximum Gasteiger partial charge on any atom is 0.254 e. The quantitative estimate of drug-likeness (QED) is 0.685. The zero-order valence-electron chi connectivity index (χ0n) is 10.0. The first-order chi connectivity index (χ1) is 8.92. The fourth-order valence-corrected chi connectivity index (χ4v) is 1.39. The van der Waals surface area contributed by atoms with Crippen LogP contribution in [0.4, 0.5) is 13.2 Å². The summed E-state index contributed by atoms with van der Waals surface area (Å²) in [5, 5.41) is 11.3. The fourth-order valence-electron chi connectivity index (χ4n) is 1.39. The van der Waals surface area contributed by atoms with Crippen LogP contribution in [-0.4, -0.2) is 37.3 Å². The Kier molecular flexibility index (Phi) is 5.13. The lowest BCUT2D eigenvalue weighted by Crippen LogP contribution is -2.43. The van der Waals surface area contributed by atoms with Crippen LogP contribution in [0.25, 0.3) is 0 Å². The summed E-state index contributed by atoms with van der Waals surface area (Å²) in [7, 11) is 1.37. The number of phenols is 1. The van der Waals surface area contributed by atoms with Gasteiger partial charge in [-0.05, 0) is 6.07 Å². The number of hydrogen-bond donors (Lipinski definition) is 3. The van der Waals surface area contributed by atoms with Crippen LogP contribution in [0, 0.1) is 17.5 Å². The Morgan fingerprint density at radius 2 is 2.11 bits per heavy atom. The highest BCUT2D eigenvalue weighted by Gasteiger charge is 2.23. The molecule has 1 amide bonds. The normalized spacial score (nSPS) is 12.3. The van der Waals surface area contributed by atoms with E-state index in [1.54, 1.807) is 0 Å². The standard InChI is InChI=1S/C11H13F3N2O3/c1-19-4-5(3-15)16-11(18)6-2-7(12)9(14)10(17)8(6)13/h2,5,17H,3-4,15H2,1H3,(H,16,18). The number of amides is 1. The van der Waals surface area contributed by atoms with E-state index in [0.717, 1.165) is 0 Å². The number of ether oxygens (including phenoxy) is 1. The van der Waals surface area contributed by atoms with E-state index in [-0.39, 0.29) is 13.2 Å². The molecule has 0 aliphatic rings. The van der Waals surface area contributed by atoms with Crippen molar-refractivity contribution in [2.45, 2.75) is 6.04 Å². The van der Waals surface area contributed by atoms with Crippen molar-refractivity contribution >= 4 is 5.91 Å². The summed E-state index contributed by atoms with van der Waals surface area (Å²) in [5.41, 5.74) is 4.52. The predicted octanol–water partition coefficient (Wildman–Crippen LogP) is 0.513. The number of rotatable bonds is 5. The van der Waals surface area contributed by atoms with Crippen LogP contribution in [0.3, 0.4) is 0 Å². The summed E-state index contributed by atoms with van der Waals surface area (Å²) < 4.78 is 44.1. The maximum atomic E-state index is 13.5. The number of methoxy groups -OCH3 is 1. The van der Waals surface area contributed by atoms with E-state index in [1.165, 1.54) is 7.11 Å². The average Bonchev–Trinajstić information content (AvgIpc) is 2.39. The number of nitrogens with one attached hydrogen (secondary N) is 1. The maximum absolute atomic E-state index is 13.5. The number of benzene rings is 1. The van der Waals surface area contributed by atoms with Crippen molar-refractivity contribution in [2.24, 2.45) is 5.73 Å². The molecular weight excluding hydrogens is 265 g/mol. The molecule has 0 fully saturated rings. The predicted molar refractivity (Wildman–Crippen MR) is 60.2 cm³/mol. The highest BCUT2D eigenvalue weighted by Crippen LogP contribution is 2.25. The lowest BCUT2D eigenvalue weighted by Gasteiger charge is -2.16. The van der Waals surface area contributed by atoms with Crippen molar-refractivity contribution in [3.8, 4) is 5.75 Å². The van der Waals surface area contributed by atoms with Crippen molar-refractivity contribution in [2.75, 3.05) is 20.3 Å².